The lowest BCUT2D eigenvalue weighted by molar-refractivity contribution is 0.881. The van der Waals surface area contributed by atoms with Crippen molar-refractivity contribution >= 4 is 46.4 Å². The topological polar surface area (TPSA) is 17.8 Å². The highest BCUT2D eigenvalue weighted by Gasteiger charge is 2.12. The maximum Gasteiger partial charge on any atom is 0.0864 e. The molecule has 3 aromatic rings. The minimum atomic E-state index is 0.315. The molecule has 2 aromatic carbocycles. The second kappa shape index (κ2) is 5.90. The van der Waals surface area contributed by atoms with E-state index in [0.29, 0.717) is 25.8 Å². The third-order valence-electron chi connectivity index (χ3n) is 3.00. The van der Waals surface area contributed by atoms with Gasteiger partial charge in [0.05, 0.1) is 27.0 Å². The molecule has 2 nitrogen and oxygen atoms in total. The first-order valence-corrected chi connectivity index (χ1v) is 7.52. The van der Waals surface area contributed by atoms with E-state index >= 15 is 0 Å². The summed E-state index contributed by atoms with van der Waals surface area (Å²) in [6, 6.07) is 11.0. The highest BCUT2D eigenvalue weighted by atomic mass is 35.5. The molecule has 21 heavy (non-hydrogen) atoms. The van der Waals surface area contributed by atoms with Crippen LogP contribution in [-0.4, -0.2) is 9.78 Å². The summed E-state index contributed by atoms with van der Waals surface area (Å²) >= 11 is 24.2. The lowest BCUT2D eigenvalue weighted by atomic mass is 10.1. The Morgan fingerprint density at radius 1 is 0.857 bits per heavy atom. The van der Waals surface area contributed by atoms with Gasteiger partial charge >= 0.3 is 0 Å². The summed E-state index contributed by atoms with van der Waals surface area (Å²) in [5.74, 6) is 0. The Bertz CT molecular complexity index is 811. The van der Waals surface area contributed by atoms with Crippen molar-refractivity contribution in [2.75, 3.05) is 0 Å². The van der Waals surface area contributed by atoms with Crippen LogP contribution >= 0.6 is 46.4 Å². The molecule has 0 aliphatic heterocycles. The van der Waals surface area contributed by atoms with E-state index in [2.05, 4.69) is 5.10 Å². The van der Waals surface area contributed by atoms with Crippen molar-refractivity contribution < 1.29 is 0 Å². The number of halogens is 4. The standard InChI is InChI=1S/C15H8Cl4N2/c16-11-3-1-2-9(6-11)10-7-20-21(8-10)13-5-4-12(17)14(18)15(13)19/h1-8H. The van der Waals surface area contributed by atoms with E-state index in [9.17, 15) is 0 Å². The van der Waals surface area contributed by atoms with Crippen molar-refractivity contribution in [3.63, 3.8) is 0 Å². The van der Waals surface area contributed by atoms with Crippen LogP contribution in [0.5, 0.6) is 0 Å². The van der Waals surface area contributed by atoms with Gasteiger partial charge in [-0.15, -0.1) is 0 Å². The number of benzene rings is 2. The predicted molar refractivity (Wildman–Crippen MR) is 89.0 cm³/mol. The molecule has 3 rings (SSSR count). The molecule has 0 fully saturated rings. The van der Waals surface area contributed by atoms with Crippen LogP contribution in [0.25, 0.3) is 16.8 Å². The first-order valence-electron chi connectivity index (χ1n) is 6.01. The molecule has 6 heteroatoms. The lowest BCUT2D eigenvalue weighted by Crippen LogP contribution is -1.95. The number of nitrogens with zero attached hydrogens (tertiary/aromatic N) is 2. The molecule has 0 radical (unpaired) electrons. The predicted octanol–water partition coefficient (Wildman–Crippen LogP) is 6.15. The Morgan fingerprint density at radius 2 is 1.67 bits per heavy atom. The van der Waals surface area contributed by atoms with Gasteiger partial charge < -0.3 is 0 Å². The van der Waals surface area contributed by atoms with Gasteiger partial charge in [-0.05, 0) is 29.8 Å². The summed E-state index contributed by atoms with van der Waals surface area (Å²) < 4.78 is 1.65. The Morgan fingerprint density at radius 3 is 2.43 bits per heavy atom. The SMILES string of the molecule is Clc1cccc(-c2cnn(-c3ccc(Cl)c(Cl)c3Cl)c2)c1. The Hall–Kier alpha value is -1.19. The molecule has 0 saturated carbocycles. The van der Waals surface area contributed by atoms with Gasteiger partial charge in [-0.3, -0.25) is 0 Å². The van der Waals surface area contributed by atoms with Gasteiger partial charge in [-0.2, -0.15) is 5.10 Å². The van der Waals surface area contributed by atoms with Gasteiger partial charge in [0, 0.05) is 16.8 Å². The molecular formula is C15H8Cl4N2. The first kappa shape index (κ1) is 14.7. The maximum absolute atomic E-state index is 6.22. The lowest BCUT2D eigenvalue weighted by Gasteiger charge is -2.06. The van der Waals surface area contributed by atoms with Crippen molar-refractivity contribution in [1.82, 2.24) is 9.78 Å². The molecule has 106 valence electrons. The molecule has 0 aliphatic carbocycles. The second-order valence-electron chi connectivity index (χ2n) is 4.38. The highest BCUT2D eigenvalue weighted by molar-refractivity contribution is 6.48. The summed E-state index contributed by atoms with van der Waals surface area (Å²) in [5.41, 5.74) is 2.57. The molecule has 1 heterocycles. The van der Waals surface area contributed by atoms with Crippen LogP contribution in [0.1, 0.15) is 0 Å². The molecule has 0 spiro atoms. The van der Waals surface area contributed by atoms with Gasteiger partial charge in [0.1, 0.15) is 0 Å². The van der Waals surface area contributed by atoms with E-state index in [1.54, 1.807) is 23.0 Å². The van der Waals surface area contributed by atoms with Crippen LogP contribution in [0.3, 0.4) is 0 Å². The first-order chi connectivity index (χ1) is 10.1. The summed E-state index contributed by atoms with van der Waals surface area (Å²) in [5, 5.41) is 6.08. The number of rotatable bonds is 2. The van der Waals surface area contributed by atoms with E-state index in [1.165, 1.54) is 0 Å². The molecule has 0 saturated heterocycles. The van der Waals surface area contributed by atoms with Crippen molar-refractivity contribution in [1.29, 1.82) is 0 Å². The molecule has 1 aromatic heterocycles. The number of aromatic nitrogens is 2. The Kier molecular flexibility index (Phi) is 4.14. The van der Waals surface area contributed by atoms with Crippen LogP contribution < -0.4 is 0 Å². The van der Waals surface area contributed by atoms with Crippen molar-refractivity contribution in [2.24, 2.45) is 0 Å². The van der Waals surface area contributed by atoms with Crippen LogP contribution in [0.15, 0.2) is 48.8 Å². The quantitative estimate of drug-likeness (QED) is 0.502. The summed E-state index contributed by atoms with van der Waals surface area (Å²) in [6.45, 7) is 0. The maximum atomic E-state index is 6.22. The van der Waals surface area contributed by atoms with Gasteiger partial charge in [0.15, 0.2) is 0 Å². The molecular weight excluding hydrogens is 350 g/mol. The largest absolute Gasteiger partial charge is 0.239 e. The third-order valence-corrected chi connectivity index (χ3v) is 4.52. The summed E-state index contributed by atoms with van der Waals surface area (Å²) in [4.78, 5) is 0. The van der Waals surface area contributed by atoms with Crippen LogP contribution in [-0.2, 0) is 0 Å². The molecule has 0 aliphatic rings. The molecule has 0 bridgehead atoms. The smallest absolute Gasteiger partial charge is 0.0864 e. The molecule has 0 unspecified atom stereocenters. The summed E-state index contributed by atoms with van der Waals surface area (Å²) in [7, 11) is 0. The zero-order valence-corrected chi connectivity index (χ0v) is 13.5. The van der Waals surface area contributed by atoms with E-state index in [-0.39, 0.29) is 0 Å². The number of hydrogen-bond acceptors (Lipinski definition) is 1. The van der Waals surface area contributed by atoms with E-state index in [1.807, 2.05) is 30.5 Å². The molecule has 0 N–H and O–H groups in total. The van der Waals surface area contributed by atoms with Gasteiger partial charge in [-0.1, -0.05) is 58.5 Å². The van der Waals surface area contributed by atoms with Crippen molar-refractivity contribution in [2.45, 2.75) is 0 Å². The van der Waals surface area contributed by atoms with Gasteiger partial charge in [-0.25, -0.2) is 4.68 Å². The molecule has 0 amide bonds. The molecule has 0 atom stereocenters. The van der Waals surface area contributed by atoms with E-state index in [4.69, 9.17) is 46.4 Å². The van der Waals surface area contributed by atoms with E-state index < -0.39 is 0 Å². The summed E-state index contributed by atoms with van der Waals surface area (Å²) in [6.07, 6.45) is 3.60. The zero-order valence-electron chi connectivity index (χ0n) is 10.5. The van der Waals surface area contributed by atoms with Crippen molar-refractivity contribution in [3.8, 4) is 16.8 Å². The minimum absolute atomic E-state index is 0.315. The fraction of sp³-hybridized carbons (Fsp3) is 0. The average Bonchev–Trinajstić information content (AvgIpc) is 2.94. The Balaban J connectivity index is 2.05. The fourth-order valence-electron chi connectivity index (χ4n) is 1.96. The van der Waals surface area contributed by atoms with Crippen LogP contribution in [0, 0.1) is 0 Å². The van der Waals surface area contributed by atoms with Gasteiger partial charge in [0.25, 0.3) is 0 Å². The minimum Gasteiger partial charge on any atom is -0.239 e. The van der Waals surface area contributed by atoms with Gasteiger partial charge in [0.2, 0.25) is 0 Å². The van der Waals surface area contributed by atoms with Crippen LogP contribution in [0.2, 0.25) is 20.1 Å². The highest BCUT2D eigenvalue weighted by Crippen LogP contribution is 2.35. The van der Waals surface area contributed by atoms with Crippen molar-refractivity contribution in [3.05, 3.63) is 68.9 Å². The zero-order chi connectivity index (χ0) is 15.0. The van der Waals surface area contributed by atoms with Crippen LogP contribution in [0.4, 0.5) is 0 Å². The third kappa shape index (κ3) is 2.90. The number of hydrogen-bond donors (Lipinski definition) is 0. The monoisotopic (exact) mass is 356 g/mol. The second-order valence-corrected chi connectivity index (χ2v) is 5.98. The normalized spacial score (nSPS) is 10.9. The fourth-order valence-corrected chi connectivity index (χ4v) is 2.77. The van der Waals surface area contributed by atoms with E-state index in [0.717, 1.165) is 11.1 Å². The Labute approximate surface area is 141 Å². The average molecular weight is 358 g/mol.